The van der Waals surface area contributed by atoms with Crippen LogP contribution in [0.5, 0.6) is 5.75 Å². The molecule has 168 valence electrons. The third-order valence-electron chi connectivity index (χ3n) is 4.62. The number of nitrogens with one attached hydrogen (secondary N) is 3. The molecule has 0 fully saturated rings. The van der Waals surface area contributed by atoms with Crippen molar-refractivity contribution in [1.29, 1.82) is 0 Å². The lowest BCUT2D eigenvalue weighted by Gasteiger charge is -2.12. The summed E-state index contributed by atoms with van der Waals surface area (Å²) in [4.78, 5) is 12.5. The highest BCUT2D eigenvalue weighted by atomic mass is 32.2. The van der Waals surface area contributed by atoms with Gasteiger partial charge in [-0.15, -0.1) is 0 Å². The minimum Gasteiger partial charge on any atom is -0.497 e. The van der Waals surface area contributed by atoms with Crippen LogP contribution in [0.15, 0.2) is 65.6 Å². The van der Waals surface area contributed by atoms with Crippen LogP contribution in [0.25, 0.3) is 0 Å². The number of ether oxygens (including phenoxy) is 1. The summed E-state index contributed by atoms with van der Waals surface area (Å²) in [6.07, 6.45) is 0. The Morgan fingerprint density at radius 2 is 1.58 bits per heavy atom. The zero-order valence-electron chi connectivity index (χ0n) is 18.3. The predicted molar refractivity (Wildman–Crippen MR) is 135 cm³/mol. The molecule has 0 saturated carbocycles. The van der Waals surface area contributed by atoms with E-state index < -0.39 is 15.9 Å². The molecule has 3 aromatic carbocycles. The normalized spacial score (nSPS) is 10.9. The first kappa shape index (κ1) is 24.3. The van der Waals surface area contributed by atoms with Crippen LogP contribution in [-0.4, -0.2) is 34.4 Å². The maximum absolute atomic E-state index is 12.7. The Morgan fingerprint density at radius 3 is 2.15 bits per heavy atom. The number of carbonyl (C=O) groups is 1. The molecule has 1 amide bonds. The molecule has 0 aliphatic rings. The number of aryl methyl sites for hydroxylation is 2. The molecule has 0 atom stereocenters. The van der Waals surface area contributed by atoms with Gasteiger partial charge in [0, 0.05) is 16.9 Å². The predicted octanol–water partition coefficient (Wildman–Crippen LogP) is 3.03. The standard InChI is InChI=1S/C23H22BN3O4S2/c1-14-10-15(2)12-18(11-14)27-33(29,30)19-7-5-17(6-8-19)25-23(32)26-22(28)16-4-9-21(31-3)20(24)13-16/h4-13,27H,1-3H3,(H2,25,26,28,32). The lowest BCUT2D eigenvalue weighted by Crippen LogP contribution is -2.34. The lowest BCUT2D eigenvalue weighted by atomic mass is 9.93. The van der Waals surface area contributed by atoms with Gasteiger partial charge in [-0.25, -0.2) is 8.42 Å². The summed E-state index contributed by atoms with van der Waals surface area (Å²) >= 11 is 5.18. The van der Waals surface area contributed by atoms with Crippen molar-refractivity contribution in [2.45, 2.75) is 18.7 Å². The maximum atomic E-state index is 12.7. The highest BCUT2D eigenvalue weighted by Gasteiger charge is 2.15. The van der Waals surface area contributed by atoms with Crippen molar-refractivity contribution in [3.63, 3.8) is 0 Å². The molecule has 7 nitrogen and oxygen atoms in total. The fourth-order valence-electron chi connectivity index (χ4n) is 3.18. The number of sulfonamides is 1. The van der Waals surface area contributed by atoms with Gasteiger partial charge < -0.3 is 10.1 Å². The maximum Gasteiger partial charge on any atom is 0.261 e. The third kappa shape index (κ3) is 6.33. The van der Waals surface area contributed by atoms with E-state index in [9.17, 15) is 13.2 Å². The molecule has 3 rings (SSSR count). The number of thiocarbonyl (C=S) groups is 1. The Kier molecular flexibility index (Phi) is 7.40. The molecule has 0 aliphatic heterocycles. The molecular formula is C23H22BN3O4S2. The first-order valence-corrected chi connectivity index (χ1v) is 11.7. The van der Waals surface area contributed by atoms with Crippen molar-refractivity contribution in [1.82, 2.24) is 5.32 Å². The van der Waals surface area contributed by atoms with Crippen LogP contribution in [0.3, 0.4) is 0 Å². The van der Waals surface area contributed by atoms with Gasteiger partial charge in [-0.3, -0.25) is 14.8 Å². The van der Waals surface area contributed by atoms with Crippen LogP contribution in [0.4, 0.5) is 11.4 Å². The van der Waals surface area contributed by atoms with E-state index in [2.05, 4.69) is 15.4 Å². The number of carbonyl (C=O) groups excluding carboxylic acids is 1. The Balaban J connectivity index is 1.64. The number of hydrogen-bond acceptors (Lipinski definition) is 5. The molecule has 0 heterocycles. The molecule has 2 radical (unpaired) electrons. The van der Waals surface area contributed by atoms with Gasteiger partial charge in [0.05, 0.1) is 12.0 Å². The van der Waals surface area contributed by atoms with E-state index >= 15 is 0 Å². The number of amides is 1. The number of methoxy groups -OCH3 is 1. The van der Waals surface area contributed by atoms with E-state index in [1.165, 1.54) is 25.3 Å². The fraction of sp³-hybridized carbons (Fsp3) is 0.130. The van der Waals surface area contributed by atoms with Crippen molar-refractivity contribution in [3.8, 4) is 5.75 Å². The minimum atomic E-state index is -3.76. The van der Waals surface area contributed by atoms with E-state index in [1.54, 1.807) is 36.4 Å². The van der Waals surface area contributed by atoms with E-state index in [4.69, 9.17) is 24.8 Å². The molecular weight excluding hydrogens is 457 g/mol. The van der Waals surface area contributed by atoms with E-state index in [0.29, 0.717) is 28.2 Å². The fourth-order valence-corrected chi connectivity index (χ4v) is 4.43. The van der Waals surface area contributed by atoms with Gasteiger partial charge in [0.2, 0.25) is 0 Å². The molecule has 0 unspecified atom stereocenters. The van der Waals surface area contributed by atoms with Gasteiger partial charge in [-0.2, -0.15) is 0 Å². The van der Waals surface area contributed by atoms with Gasteiger partial charge >= 0.3 is 0 Å². The molecule has 3 N–H and O–H groups in total. The zero-order chi connectivity index (χ0) is 24.2. The topological polar surface area (TPSA) is 96.5 Å². The summed E-state index contributed by atoms with van der Waals surface area (Å²) in [5, 5.41) is 5.46. The van der Waals surface area contributed by atoms with Gasteiger partial charge in [-0.05, 0) is 85.7 Å². The van der Waals surface area contributed by atoms with Crippen molar-refractivity contribution >= 4 is 57.9 Å². The first-order chi connectivity index (χ1) is 15.6. The smallest absolute Gasteiger partial charge is 0.261 e. The average molecular weight is 479 g/mol. The average Bonchev–Trinajstić information content (AvgIpc) is 2.72. The molecule has 0 aromatic heterocycles. The van der Waals surface area contributed by atoms with Crippen LogP contribution >= 0.6 is 12.2 Å². The van der Waals surface area contributed by atoms with Crippen LogP contribution in [0.1, 0.15) is 21.5 Å². The second-order valence-electron chi connectivity index (χ2n) is 7.37. The zero-order valence-corrected chi connectivity index (χ0v) is 19.9. The van der Waals surface area contributed by atoms with Crippen molar-refractivity contribution < 1.29 is 17.9 Å². The molecule has 0 spiro atoms. The number of rotatable bonds is 6. The number of hydrogen-bond donors (Lipinski definition) is 3. The Morgan fingerprint density at radius 1 is 0.939 bits per heavy atom. The summed E-state index contributed by atoms with van der Waals surface area (Å²) in [6, 6.07) is 16.1. The van der Waals surface area contributed by atoms with Crippen molar-refractivity contribution in [3.05, 3.63) is 77.4 Å². The first-order valence-electron chi connectivity index (χ1n) is 9.84. The van der Waals surface area contributed by atoms with Crippen LogP contribution in [0.2, 0.25) is 0 Å². The van der Waals surface area contributed by atoms with Gasteiger partial charge in [0.15, 0.2) is 5.11 Å². The van der Waals surface area contributed by atoms with Crippen LogP contribution < -0.4 is 25.6 Å². The van der Waals surface area contributed by atoms with Gasteiger partial charge in [0.25, 0.3) is 15.9 Å². The molecule has 0 saturated heterocycles. The van der Waals surface area contributed by atoms with Crippen LogP contribution in [-0.2, 0) is 10.0 Å². The SMILES string of the molecule is [B]c1cc(C(=O)NC(=S)Nc2ccc(S(=O)(=O)Nc3cc(C)cc(C)c3)cc2)ccc1OC. The second-order valence-corrected chi connectivity index (χ2v) is 9.46. The third-order valence-corrected chi connectivity index (χ3v) is 6.22. The highest BCUT2D eigenvalue weighted by molar-refractivity contribution is 7.92. The quantitative estimate of drug-likeness (QED) is 0.372. The summed E-state index contributed by atoms with van der Waals surface area (Å²) in [5.41, 5.74) is 3.57. The molecule has 3 aromatic rings. The van der Waals surface area contributed by atoms with E-state index in [0.717, 1.165) is 11.1 Å². The lowest BCUT2D eigenvalue weighted by molar-refractivity contribution is 0.0978. The number of benzene rings is 3. The van der Waals surface area contributed by atoms with Gasteiger partial charge in [-0.1, -0.05) is 17.6 Å². The second kappa shape index (κ2) is 10.1. The van der Waals surface area contributed by atoms with Crippen molar-refractivity contribution in [2.75, 3.05) is 17.1 Å². The summed E-state index contributed by atoms with van der Waals surface area (Å²) < 4.78 is 33.1. The molecule has 0 aliphatic carbocycles. The highest BCUT2D eigenvalue weighted by Crippen LogP contribution is 2.20. The van der Waals surface area contributed by atoms with Crippen molar-refractivity contribution in [2.24, 2.45) is 0 Å². The molecule has 33 heavy (non-hydrogen) atoms. The Labute approximate surface area is 200 Å². The Hall–Kier alpha value is -3.37. The van der Waals surface area contributed by atoms with E-state index in [-0.39, 0.29) is 10.0 Å². The monoisotopic (exact) mass is 479 g/mol. The largest absolute Gasteiger partial charge is 0.497 e. The summed E-state index contributed by atoms with van der Waals surface area (Å²) in [5.74, 6) is 0.0213. The summed E-state index contributed by atoms with van der Waals surface area (Å²) in [7, 11) is 3.56. The Bertz CT molecular complexity index is 1290. The van der Waals surface area contributed by atoms with Crippen LogP contribution in [0, 0.1) is 13.8 Å². The van der Waals surface area contributed by atoms with Gasteiger partial charge in [0.1, 0.15) is 13.6 Å². The molecule has 0 bridgehead atoms. The van der Waals surface area contributed by atoms with E-state index in [1.807, 2.05) is 19.9 Å². The minimum absolute atomic E-state index is 0.0540. The number of anilines is 2. The molecule has 10 heteroatoms. The summed E-state index contributed by atoms with van der Waals surface area (Å²) in [6.45, 7) is 3.80.